The molecule has 1 saturated heterocycles. The second-order valence-electron chi connectivity index (χ2n) is 2.83. The predicted octanol–water partition coefficient (Wildman–Crippen LogP) is -0.479. The van der Waals surface area contributed by atoms with Gasteiger partial charge in [-0.05, 0) is 6.42 Å². The van der Waals surface area contributed by atoms with Crippen LogP contribution in [0.5, 0.6) is 0 Å². The zero-order valence-corrected chi connectivity index (χ0v) is 5.09. The average Bonchev–Trinajstić information content (AvgIpc) is 2.37. The van der Waals surface area contributed by atoms with Crippen molar-refractivity contribution in [3.8, 4) is 0 Å². The van der Waals surface area contributed by atoms with E-state index >= 15 is 0 Å². The summed E-state index contributed by atoms with van der Waals surface area (Å²) in [6.07, 6.45) is 1.89. The van der Waals surface area contributed by atoms with Crippen LogP contribution in [0.3, 0.4) is 0 Å². The molecule has 2 atom stereocenters. The number of nitrogens with one attached hydrogen (secondary N) is 1. The standard InChI is InChI=1S/C6H9NO2/c8-4-7-6-1-5(6)2-9-3-6/h4-5H,1-3H2,(H,7,8). The van der Waals surface area contributed by atoms with Crippen molar-refractivity contribution in [2.45, 2.75) is 12.0 Å². The Labute approximate surface area is 53.4 Å². The normalized spacial score (nSPS) is 46.0. The summed E-state index contributed by atoms with van der Waals surface area (Å²) < 4.78 is 5.14. The van der Waals surface area contributed by atoms with Gasteiger partial charge in [-0.2, -0.15) is 0 Å². The van der Waals surface area contributed by atoms with Crippen molar-refractivity contribution < 1.29 is 9.53 Å². The van der Waals surface area contributed by atoms with E-state index in [-0.39, 0.29) is 5.54 Å². The first-order valence-electron chi connectivity index (χ1n) is 3.16. The summed E-state index contributed by atoms with van der Waals surface area (Å²) in [4.78, 5) is 10.0. The van der Waals surface area contributed by atoms with Crippen molar-refractivity contribution >= 4 is 6.41 Å². The minimum atomic E-state index is 0.0712. The molecule has 0 aromatic rings. The Morgan fingerprint density at radius 1 is 1.78 bits per heavy atom. The molecule has 9 heavy (non-hydrogen) atoms. The molecule has 3 nitrogen and oxygen atoms in total. The number of hydrogen-bond donors (Lipinski definition) is 1. The van der Waals surface area contributed by atoms with Crippen LogP contribution in [0.15, 0.2) is 0 Å². The predicted molar refractivity (Wildman–Crippen MR) is 30.9 cm³/mol. The van der Waals surface area contributed by atoms with Crippen LogP contribution in [0.4, 0.5) is 0 Å². The lowest BCUT2D eigenvalue weighted by Gasteiger charge is -2.06. The molecule has 0 aromatic heterocycles. The zero-order chi connectivity index (χ0) is 6.32. The molecule has 2 aliphatic rings. The van der Waals surface area contributed by atoms with Gasteiger partial charge in [-0.25, -0.2) is 0 Å². The lowest BCUT2D eigenvalue weighted by atomic mass is 10.3. The Hall–Kier alpha value is -0.570. The quantitative estimate of drug-likeness (QED) is 0.509. The van der Waals surface area contributed by atoms with Gasteiger partial charge in [0.1, 0.15) is 0 Å². The molecule has 2 fully saturated rings. The fourth-order valence-electron chi connectivity index (χ4n) is 1.50. The van der Waals surface area contributed by atoms with E-state index in [1.165, 1.54) is 0 Å². The third-order valence-electron chi connectivity index (χ3n) is 2.26. The molecule has 0 aromatic carbocycles. The smallest absolute Gasteiger partial charge is 0.207 e. The highest BCUT2D eigenvalue weighted by Crippen LogP contribution is 2.47. The molecule has 2 unspecified atom stereocenters. The monoisotopic (exact) mass is 127 g/mol. The number of amides is 1. The van der Waals surface area contributed by atoms with Crippen molar-refractivity contribution in [2.24, 2.45) is 5.92 Å². The number of rotatable bonds is 2. The van der Waals surface area contributed by atoms with E-state index < -0.39 is 0 Å². The van der Waals surface area contributed by atoms with Gasteiger partial charge in [-0.15, -0.1) is 0 Å². The molecule has 0 spiro atoms. The highest BCUT2D eigenvalue weighted by Gasteiger charge is 2.58. The fraction of sp³-hybridized carbons (Fsp3) is 0.833. The molecule has 0 bridgehead atoms. The Morgan fingerprint density at radius 3 is 3.11 bits per heavy atom. The third-order valence-corrected chi connectivity index (χ3v) is 2.26. The molecule has 1 N–H and O–H groups in total. The van der Waals surface area contributed by atoms with E-state index in [0.717, 1.165) is 26.0 Å². The van der Waals surface area contributed by atoms with Crippen molar-refractivity contribution in [1.82, 2.24) is 5.32 Å². The number of hydrogen-bond acceptors (Lipinski definition) is 2. The largest absolute Gasteiger partial charge is 0.379 e. The first-order chi connectivity index (χ1) is 4.37. The summed E-state index contributed by atoms with van der Waals surface area (Å²) in [7, 11) is 0. The molecular weight excluding hydrogens is 118 g/mol. The van der Waals surface area contributed by atoms with Gasteiger partial charge >= 0.3 is 0 Å². The van der Waals surface area contributed by atoms with Gasteiger partial charge in [-0.3, -0.25) is 4.79 Å². The number of carbonyl (C=O) groups is 1. The van der Waals surface area contributed by atoms with Crippen LogP contribution < -0.4 is 5.32 Å². The number of ether oxygens (including phenoxy) is 1. The van der Waals surface area contributed by atoms with Gasteiger partial charge < -0.3 is 10.1 Å². The van der Waals surface area contributed by atoms with Crippen molar-refractivity contribution in [2.75, 3.05) is 13.2 Å². The van der Waals surface area contributed by atoms with E-state index in [2.05, 4.69) is 5.32 Å². The van der Waals surface area contributed by atoms with E-state index in [1.807, 2.05) is 0 Å². The third kappa shape index (κ3) is 0.580. The van der Waals surface area contributed by atoms with Gasteiger partial charge in [-0.1, -0.05) is 0 Å². The fourth-order valence-corrected chi connectivity index (χ4v) is 1.50. The van der Waals surface area contributed by atoms with Crippen LogP contribution in [-0.4, -0.2) is 25.2 Å². The summed E-state index contributed by atoms with van der Waals surface area (Å²) in [5.41, 5.74) is 0.0712. The minimum absolute atomic E-state index is 0.0712. The van der Waals surface area contributed by atoms with Gasteiger partial charge in [0.25, 0.3) is 0 Å². The van der Waals surface area contributed by atoms with Crippen molar-refractivity contribution in [1.29, 1.82) is 0 Å². The van der Waals surface area contributed by atoms with Gasteiger partial charge in [0.15, 0.2) is 0 Å². The van der Waals surface area contributed by atoms with Gasteiger partial charge in [0, 0.05) is 5.92 Å². The summed E-state index contributed by atoms with van der Waals surface area (Å²) in [5, 5.41) is 2.79. The molecule has 1 aliphatic heterocycles. The van der Waals surface area contributed by atoms with E-state index in [0.29, 0.717) is 5.92 Å². The molecular formula is C6H9NO2. The van der Waals surface area contributed by atoms with Crippen LogP contribution in [0.25, 0.3) is 0 Å². The Balaban J connectivity index is 2.02. The Bertz CT molecular complexity index is 148. The summed E-state index contributed by atoms with van der Waals surface area (Å²) >= 11 is 0. The Kier molecular flexibility index (Phi) is 0.858. The Morgan fingerprint density at radius 2 is 2.67 bits per heavy atom. The topological polar surface area (TPSA) is 38.3 Å². The van der Waals surface area contributed by atoms with E-state index in [1.54, 1.807) is 0 Å². The molecule has 1 saturated carbocycles. The highest BCUT2D eigenvalue weighted by molar-refractivity contribution is 5.50. The summed E-state index contributed by atoms with van der Waals surface area (Å²) in [6.45, 7) is 1.55. The summed E-state index contributed by atoms with van der Waals surface area (Å²) in [5.74, 6) is 0.614. The van der Waals surface area contributed by atoms with Crippen LogP contribution >= 0.6 is 0 Å². The first kappa shape index (κ1) is 5.23. The van der Waals surface area contributed by atoms with Crippen molar-refractivity contribution in [3.63, 3.8) is 0 Å². The molecule has 50 valence electrons. The van der Waals surface area contributed by atoms with Gasteiger partial charge in [0.05, 0.1) is 18.8 Å². The van der Waals surface area contributed by atoms with Crippen LogP contribution in [-0.2, 0) is 9.53 Å². The van der Waals surface area contributed by atoms with E-state index in [9.17, 15) is 4.79 Å². The lowest BCUT2D eigenvalue weighted by Crippen LogP contribution is -2.33. The van der Waals surface area contributed by atoms with E-state index in [4.69, 9.17) is 4.74 Å². The second kappa shape index (κ2) is 1.48. The maximum absolute atomic E-state index is 10.0. The second-order valence-corrected chi connectivity index (χ2v) is 2.83. The number of fused-ring (bicyclic) bond motifs is 1. The van der Waals surface area contributed by atoms with Crippen LogP contribution in [0.1, 0.15) is 6.42 Å². The molecule has 0 radical (unpaired) electrons. The van der Waals surface area contributed by atoms with Crippen molar-refractivity contribution in [3.05, 3.63) is 0 Å². The number of carbonyl (C=O) groups excluding carboxylic acids is 1. The minimum Gasteiger partial charge on any atom is -0.379 e. The lowest BCUT2D eigenvalue weighted by molar-refractivity contribution is -0.110. The molecule has 1 amide bonds. The zero-order valence-electron chi connectivity index (χ0n) is 5.09. The first-order valence-corrected chi connectivity index (χ1v) is 3.16. The highest BCUT2D eigenvalue weighted by atomic mass is 16.5. The maximum atomic E-state index is 10.0. The van der Waals surface area contributed by atoms with Crippen LogP contribution in [0.2, 0.25) is 0 Å². The molecule has 1 heterocycles. The molecule has 3 heteroatoms. The molecule has 1 aliphatic carbocycles. The van der Waals surface area contributed by atoms with Crippen LogP contribution in [0, 0.1) is 5.92 Å². The SMILES string of the molecule is O=CNC12COCC1C2. The maximum Gasteiger partial charge on any atom is 0.207 e. The molecule has 2 rings (SSSR count). The van der Waals surface area contributed by atoms with Gasteiger partial charge in [0.2, 0.25) is 6.41 Å². The summed E-state index contributed by atoms with van der Waals surface area (Å²) in [6, 6.07) is 0. The average molecular weight is 127 g/mol.